The van der Waals surface area contributed by atoms with Gasteiger partial charge >= 0.3 is 0 Å². The van der Waals surface area contributed by atoms with Gasteiger partial charge in [0.05, 0.1) is 5.56 Å². The van der Waals surface area contributed by atoms with Gasteiger partial charge < -0.3 is 10.2 Å². The van der Waals surface area contributed by atoms with E-state index in [0.29, 0.717) is 11.8 Å². The number of hydrogen-bond acceptors (Lipinski definition) is 2. The van der Waals surface area contributed by atoms with Gasteiger partial charge in [0.25, 0.3) is 5.91 Å². The number of benzene rings is 1. The fraction of sp³-hybridized carbons (Fsp3) is 0.462. The third-order valence-corrected chi connectivity index (χ3v) is 4.33. The lowest BCUT2D eigenvalue weighted by Gasteiger charge is -2.18. The Kier molecular flexibility index (Phi) is 4.48. The van der Waals surface area contributed by atoms with E-state index in [1.165, 1.54) is 6.07 Å². The lowest BCUT2D eigenvalue weighted by Crippen LogP contribution is -2.32. The van der Waals surface area contributed by atoms with Gasteiger partial charge in [0.1, 0.15) is 5.82 Å². The average Bonchev–Trinajstić information content (AvgIpc) is 2.91. The van der Waals surface area contributed by atoms with Gasteiger partial charge in [-0.25, -0.2) is 4.39 Å². The average molecular weight is 350 g/mol. The lowest BCUT2D eigenvalue weighted by atomic mass is 10.0. The number of hydrogen-bond donors (Lipinski definition) is 1. The molecule has 0 saturated carbocycles. The summed E-state index contributed by atoms with van der Waals surface area (Å²) < 4.78 is 14.4. The molecule has 2 aliphatic rings. The van der Waals surface area contributed by atoms with Crippen LogP contribution in [-0.4, -0.2) is 37.0 Å². The summed E-state index contributed by atoms with van der Waals surface area (Å²) in [7, 11) is 0. The van der Waals surface area contributed by atoms with Crippen LogP contribution in [0.15, 0.2) is 22.7 Å². The second kappa shape index (κ2) is 5.77. The molecule has 2 atom stereocenters. The molecule has 1 amide bonds. The highest BCUT2D eigenvalue weighted by atomic mass is 79.9. The van der Waals surface area contributed by atoms with Crippen LogP contribution in [0.3, 0.4) is 0 Å². The third kappa shape index (κ3) is 2.78. The molecule has 19 heavy (non-hydrogen) atoms. The van der Waals surface area contributed by atoms with Gasteiger partial charge in [-0.2, -0.15) is 0 Å². The fourth-order valence-corrected chi connectivity index (χ4v) is 3.21. The van der Waals surface area contributed by atoms with Crippen LogP contribution in [0.25, 0.3) is 0 Å². The monoisotopic (exact) mass is 348 g/mol. The molecule has 2 saturated heterocycles. The van der Waals surface area contributed by atoms with E-state index in [-0.39, 0.29) is 23.9 Å². The normalized spacial score (nSPS) is 25.1. The van der Waals surface area contributed by atoms with Crippen LogP contribution in [-0.2, 0) is 0 Å². The Morgan fingerprint density at radius 2 is 1.95 bits per heavy atom. The van der Waals surface area contributed by atoms with Gasteiger partial charge in [-0.15, -0.1) is 12.4 Å². The van der Waals surface area contributed by atoms with Crippen molar-refractivity contribution in [3.8, 4) is 0 Å². The number of carbonyl (C=O) groups is 1. The molecule has 0 aliphatic carbocycles. The molecular weight excluding hydrogens is 335 g/mol. The summed E-state index contributed by atoms with van der Waals surface area (Å²) in [6, 6.07) is 4.49. The minimum absolute atomic E-state index is 0. The van der Waals surface area contributed by atoms with Gasteiger partial charge in [0.2, 0.25) is 0 Å². The molecule has 2 fully saturated rings. The summed E-state index contributed by atoms with van der Waals surface area (Å²) in [6.45, 7) is 3.41. The van der Waals surface area contributed by atoms with Gasteiger partial charge in [-0.05, 0) is 30.0 Å². The van der Waals surface area contributed by atoms with Crippen molar-refractivity contribution in [3.63, 3.8) is 0 Å². The Morgan fingerprint density at radius 3 is 2.58 bits per heavy atom. The molecule has 2 heterocycles. The Morgan fingerprint density at radius 1 is 1.32 bits per heavy atom. The SMILES string of the molecule is Cl.O=C(c1cc(Br)ccc1F)N1C[C@H]2CNC[C@H]2C1. The Labute approximate surface area is 126 Å². The molecule has 104 valence electrons. The minimum atomic E-state index is -0.446. The van der Waals surface area contributed by atoms with E-state index in [1.807, 2.05) is 0 Å². The number of nitrogens with one attached hydrogen (secondary N) is 1. The number of nitrogens with zero attached hydrogens (tertiary/aromatic N) is 1. The molecule has 1 aromatic carbocycles. The van der Waals surface area contributed by atoms with E-state index in [0.717, 1.165) is 30.7 Å². The van der Waals surface area contributed by atoms with Crippen molar-refractivity contribution in [1.82, 2.24) is 10.2 Å². The molecule has 1 aromatic rings. The summed E-state index contributed by atoms with van der Waals surface area (Å²) in [6.07, 6.45) is 0. The van der Waals surface area contributed by atoms with Crippen LogP contribution in [0.2, 0.25) is 0 Å². The third-order valence-electron chi connectivity index (χ3n) is 3.84. The molecule has 0 aromatic heterocycles. The highest BCUT2D eigenvalue weighted by Gasteiger charge is 2.38. The Balaban J connectivity index is 0.00000133. The maximum Gasteiger partial charge on any atom is 0.256 e. The first-order chi connectivity index (χ1) is 8.65. The van der Waals surface area contributed by atoms with E-state index >= 15 is 0 Å². The molecule has 0 unspecified atom stereocenters. The van der Waals surface area contributed by atoms with Gasteiger partial charge in [0.15, 0.2) is 0 Å². The van der Waals surface area contributed by atoms with E-state index in [9.17, 15) is 9.18 Å². The highest BCUT2D eigenvalue weighted by molar-refractivity contribution is 9.10. The second-order valence-electron chi connectivity index (χ2n) is 5.01. The molecular formula is C13H15BrClFN2O. The van der Waals surface area contributed by atoms with Crippen molar-refractivity contribution in [2.45, 2.75) is 0 Å². The second-order valence-corrected chi connectivity index (χ2v) is 5.93. The molecule has 3 rings (SSSR count). The van der Waals surface area contributed by atoms with Crippen molar-refractivity contribution >= 4 is 34.2 Å². The van der Waals surface area contributed by atoms with Crippen LogP contribution < -0.4 is 5.32 Å². The highest BCUT2D eigenvalue weighted by Crippen LogP contribution is 2.28. The zero-order valence-electron chi connectivity index (χ0n) is 10.2. The first kappa shape index (κ1) is 14.8. The zero-order chi connectivity index (χ0) is 12.7. The van der Waals surface area contributed by atoms with Crippen LogP contribution in [0, 0.1) is 17.7 Å². The topological polar surface area (TPSA) is 32.3 Å². The Hall–Kier alpha value is -0.650. The first-order valence-corrected chi connectivity index (χ1v) is 6.89. The van der Waals surface area contributed by atoms with E-state index in [2.05, 4.69) is 21.2 Å². The van der Waals surface area contributed by atoms with Gasteiger partial charge in [0, 0.05) is 30.7 Å². The van der Waals surface area contributed by atoms with Crippen LogP contribution in [0.1, 0.15) is 10.4 Å². The quantitative estimate of drug-likeness (QED) is 0.844. The molecule has 0 bridgehead atoms. The predicted octanol–water partition coefficient (Wildman–Crippen LogP) is 2.30. The summed E-state index contributed by atoms with van der Waals surface area (Å²) in [4.78, 5) is 14.1. The molecule has 2 aliphatic heterocycles. The molecule has 3 nitrogen and oxygen atoms in total. The van der Waals surface area contributed by atoms with Crippen molar-refractivity contribution in [2.24, 2.45) is 11.8 Å². The standard InChI is InChI=1S/C13H14BrFN2O.ClH/c14-10-1-2-12(15)11(3-10)13(18)17-6-8-4-16-5-9(8)7-17;/h1-3,8-9,16H,4-7H2;1H/t8-,9+;. The molecule has 6 heteroatoms. The van der Waals surface area contributed by atoms with Gasteiger partial charge in [-0.1, -0.05) is 15.9 Å². The van der Waals surface area contributed by atoms with E-state index in [1.54, 1.807) is 17.0 Å². The summed E-state index contributed by atoms with van der Waals surface area (Å²) in [5, 5.41) is 3.32. The lowest BCUT2D eigenvalue weighted by molar-refractivity contribution is 0.0777. The number of carbonyl (C=O) groups excluding carboxylic acids is 1. The predicted molar refractivity (Wildman–Crippen MR) is 77.1 cm³/mol. The first-order valence-electron chi connectivity index (χ1n) is 6.10. The van der Waals surface area contributed by atoms with Crippen molar-refractivity contribution < 1.29 is 9.18 Å². The minimum Gasteiger partial charge on any atom is -0.338 e. The van der Waals surface area contributed by atoms with Crippen LogP contribution >= 0.6 is 28.3 Å². The Bertz CT molecular complexity index is 488. The summed E-state index contributed by atoms with van der Waals surface area (Å²) in [5.74, 6) is 0.426. The van der Waals surface area contributed by atoms with Crippen molar-refractivity contribution in [1.29, 1.82) is 0 Å². The van der Waals surface area contributed by atoms with E-state index in [4.69, 9.17) is 0 Å². The number of amides is 1. The number of fused-ring (bicyclic) bond motifs is 1. The fourth-order valence-electron chi connectivity index (χ4n) is 2.85. The summed E-state index contributed by atoms with van der Waals surface area (Å²) >= 11 is 3.27. The molecule has 1 N–H and O–H groups in total. The van der Waals surface area contributed by atoms with Gasteiger partial charge in [-0.3, -0.25) is 4.79 Å². The van der Waals surface area contributed by atoms with Crippen LogP contribution in [0.4, 0.5) is 4.39 Å². The maximum absolute atomic E-state index is 13.7. The number of likely N-dealkylation sites (tertiary alicyclic amines) is 1. The maximum atomic E-state index is 13.7. The molecule has 0 spiro atoms. The van der Waals surface area contributed by atoms with Crippen LogP contribution in [0.5, 0.6) is 0 Å². The number of halogens is 3. The number of rotatable bonds is 1. The summed E-state index contributed by atoms with van der Waals surface area (Å²) in [5.41, 5.74) is 0.164. The van der Waals surface area contributed by atoms with E-state index < -0.39 is 5.82 Å². The van der Waals surface area contributed by atoms with Crippen molar-refractivity contribution in [2.75, 3.05) is 26.2 Å². The van der Waals surface area contributed by atoms with Crippen molar-refractivity contribution in [3.05, 3.63) is 34.1 Å². The largest absolute Gasteiger partial charge is 0.338 e. The molecule has 0 radical (unpaired) electrons. The zero-order valence-corrected chi connectivity index (χ0v) is 12.6. The smallest absolute Gasteiger partial charge is 0.256 e.